The predicted molar refractivity (Wildman–Crippen MR) is 67.5 cm³/mol. The molecular weight excluding hydrogens is 200 g/mol. The average Bonchev–Trinajstić information content (AvgIpc) is 2.27. The molecule has 0 aliphatic rings. The third-order valence-corrected chi connectivity index (χ3v) is 2.19. The molecule has 0 unspecified atom stereocenters. The van der Waals surface area contributed by atoms with Crippen molar-refractivity contribution in [3.8, 4) is 0 Å². The van der Waals surface area contributed by atoms with Crippen molar-refractivity contribution in [3.63, 3.8) is 0 Å². The van der Waals surface area contributed by atoms with Crippen molar-refractivity contribution in [2.45, 2.75) is 26.4 Å². The van der Waals surface area contributed by atoms with Crippen molar-refractivity contribution in [1.82, 2.24) is 15.5 Å². The largest absolute Gasteiger partial charge is 0.354 e. The summed E-state index contributed by atoms with van der Waals surface area (Å²) in [6, 6.07) is 4.44. The van der Waals surface area contributed by atoms with Gasteiger partial charge in [-0.3, -0.25) is 0 Å². The van der Waals surface area contributed by atoms with Crippen molar-refractivity contribution in [2.24, 2.45) is 0 Å². The van der Waals surface area contributed by atoms with Gasteiger partial charge in [0.05, 0.1) is 5.69 Å². The Labute approximate surface area is 97.4 Å². The van der Waals surface area contributed by atoms with E-state index in [9.17, 15) is 0 Å². The minimum Gasteiger partial charge on any atom is -0.354 e. The van der Waals surface area contributed by atoms with E-state index in [-0.39, 0.29) is 0 Å². The second kappa shape index (κ2) is 6.23. The number of anilines is 1. The van der Waals surface area contributed by atoms with Crippen LogP contribution in [0.3, 0.4) is 0 Å². The van der Waals surface area contributed by atoms with Crippen LogP contribution >= 0.6 is 0 Å². The van der Waals surface area contributed by atoms with Crippen molar-refractivity contribution in [3.05, 3.63) is 30.5 Å². The van der Waals surface area contributed by atoms with Crippen LogP contribution in [0.1, 0.15) is 19.5 Å². The van der Waals surface area contributed by atoms with Gasteiger partial charge >= 0.3 is 0 Å². The maximum Gasteiger partial charge on any atom is 0.151 e. The summed E-state index contributed by atoms with van der Waals surface area (Å²) < 4.78 is 0. The van der Waals surface area contributed by atoms with Gasteiger partial charge in [-0.15, -0.1) is 11.7 Å². The Kier molecular flexibility index (Phi) is 4.92. The highest BCUT2D eigenvalue weighted by Gasteiger charge is 2.02. The van der Waals surface area contributed by atoms with Crippen LogP contribution in [-0.2, 0) is 6.54 Å². The molecule has 0 aliphatic carbocycles. The molecule has 1 rings (SSSR count). The molecule has 0 fully saturated rings. The molecule has 4 heteroatoms. The quantitative estimate of drug-likeness (QED) is 0.739. The van der Waals surface area contributed by atoms with Gasteiger partial charge in [0.1, 0.15) is 0 Å². The molecule has 1 aromatic heterocycles. The molecule has 1 heterocycles. The van der Waals surface area contributed by atoms with Gasteiger partial charge in [0.15, 0.2) is 5.82 Å². The van der Waals surface area contributed by atoms with E-state index in [1.54, 1.807) is 0 Å². The monoisotopic (exact) mass is 220 g/mol. The number of nitrogens with zero attached hydrogens (tertiary/aromatic N) is 3. The molecule has 0 saturated heterocycles. The van der Waals surface area contributed by atoms with E-state index in [1.165, 1.54) is 0 Å². The van der Waals surface area contributed by atoms with Gasteiger partial charge in [0.25, 0.3) is 0 Å². The van der Waals surface area contributed by atoms with Crippen LogP contribution in [0.4, 0.5) is 5.82 Å². The molecular formula is C12H20N4. The molecule has 1 N–H and O–H groups in total. The standard InChI is InChI=1S/C12H20N4/c1-5-8-16(4)12-7-6-11(14-15-12)9-13-10(2)3/h5-7,10,13H,1,8-9H2,2-4H3. The van der Waals surface area contributed by atoms with Crippen LogP contribution in [0.2, 0.25) is 0 Å². The van der Waals surface area contributed by atoms with Gasteiger partial charge < -0.3 is 10.2 Å². The van der Waals surface area contributed by atoms with Gasteiger partial charge in [-0.05, 0) is 12.1 Å². The molecule has 0 radical (unpaired) electrons. The summed E-state index contributed by atoms with van der Waals surface area (Å²) in [7, 11) is 1.97. The summed E-state index contributed by atoms with van der Waals surface area (Å²) in [5, 5.41) is 11.6. The van der Waals surface area contributed by atoms with Gasteiger partial charge in [-0.1, -0.05) is 19.9 Å². The highest BCUT2D eigenvalue weighted by Crippen LogP contribution is 2.06. The second-order valence-electron chi connectivity index (χ2n) is 4.09. The smallest absolute Gasteiger partial charge is 0.151 e. The summed E-state index contributed by atoms with van der Waals surface area (Å²) in [4.78, 5) is 2.00. The van der Waals surface area contributed by atoms with E-state index < -0.39 is 0 Å². The molecule has 0 saturated carbocycles. The Bertz CT molecular complexity index is 318. The molecule has 0 aliphatic heterocycles. The molecule has 0 aromatic carbocycles. The van der Waals surface area contributed by atoms with E-state index in [2.05, 4.69) is 35.9 Å². The van der Waals surface area contributed by atoms with Crippen LogP contribution in [0, 0.1) is 0 Å². The lowest BCUT2D eigenvalue weighted by Crippen LogP contribution is -2.23. The number of hydrogen-bond acceptors (Lipinski definition) is 4. The van der Waals surface area contributed by atoms with Crippen LogP contribution in [0.25, 0.3) is 0 Å². The fourth-order valence-electron chi connectivity index (χ4n) is 1.25. The van der Waals surface area contributed by atoms with E-state index in [0.29, 0.717) is 6.04 Å². The minimum atomic E-state index is 0.463. The Balaban J connectivity index is 2.56. The zero-order valence-electron chi connectivity index (χ0n) is 10.3. The molecule has 16 heavy (non-hydrogen) atoms. The van der Waals surface area contributed by atoms with Crippen molar-refractivity contribution in [1.29, 1.82) is 0 Å². The first kappa shape index (κ1) is 12.6. The molecule has 0 bridgehead atoms. The number of hydrogen-bond donors (Lipinski definition) is 1. The first-order chi connectivity index (χ1) is 7.63. The van der Waals surface area contributed by atoms with Gasteiger partial charge in [0, 0.05) is 26.2 Å². The van der Waals surface area contributed by atoms with Gasteiger partial charge in [-0.25, -0.2) is 0 Å². The number of rotatable bonds is 6. The van der Waals surface area contributed by atoms with E-state index >= 15 is 0 Å². The second-order valence-corrected chi connectivity index (χ2v) is 4.09. The first-order valence-corrected chi connectivity index (χ1v) is 5.51. The lowest BCUT2D eigenvalue weighted by Gasteiger charge is -2.15. The summed E-state index contributed by atoms with van der Waals surface area (Å²) in [6.07, 6.45) is 1.84. The lowest BCUT2D eigenvalue weighted by atomic mass is 10.3. The molecule has 0 atom stereocenters. The lowest BCUT2D eigenvalue weighted by molar-refractivity contribution is 0.577. The van der Waals surface area contributed by atoms with Crippen LogP contribution in [-0.4, -0.2) is 29.8 Å². The van der Waals surface area contributed by atoms with Crippen LogP contribution < -0.4 is 10.2 Å². The van der Waals surface area contributed by atoms with E-state index in [1.807, 2.05) is 30.2 Å². The molecule has 0 amide bonds. The number of likely N-dealkylation sites (N-methyl/N-ethyl adjacent to an activating group) is 1. The molecule has 1 aromatic rings. The SMILES string of the molecule is C=CCN(C)c1ccc(CNC(C)C)nn1. The Hall–Kier alpha value is -1.42. The van der Waals surface area contributed by atoms with E-state index in [4.69, 9.17) is 0 Å². The average molecular weight is 220 g/mol. The number of aromatic nitrogens is 2. The summed E-state index contributed by atoms with van der Waals surface area (Å²) in [5.41, 5.74) is 0.962. The molecule has 88 valence electrons. The van der Waals surface area contributed by atoms with Crippen molar-refractivity contribution >= 4 is 5.82 Å². The van der Waals surface area contributed by atoms with Crippen molar-refractivity contribution < 1.29 is 0 Å². The Morgan fingerprint density at radius 2 is 2.19 bits per heavy atom. The maximum absolute atomic E-state index is 4.17. The summed E-state index contributed by atoms with van der Waals surface area (Å²) in [6.45, 7) is 9.45. The van der Waals surface area contributed by atoms with Crippen LogP contribution in [0.15, 0.2) is 24.8 Å². The summed E-state index contributed by atoms with van der Waals surface area (Å²) in [5.74, 6) is 0.869. The summed E-state index contributed by atoms with van der Waals surface area (Å²) >= 11 is 0. The Morgan fingerprint density at radius 3 is 2.69 bits per heavy atom. The maximum atomic E-state index is 4.17. The van der Waals surface area contributed by atoms with Crippen LogP contribution in [0.5, 0.6) is 0 Å². The third kappa shape index (κ3) is 3.98. The topological polar surface area (TPSA) is 41.0 Å². The first-order valence-electron chi connectivity index (χ1n) is 5.51. The third-order valence-electron chi connectivity index (χ3n) is 2.19. The highest BCUT2D eigenvalue weighted by atomic mass is 15.2. The van der Waals surface area contributed by atoms with Gasteiger partial charge in [0.2, 0.25) is 0 Å². The predicted octanol–water partition coefficient (Wildman–Crippen LogP) is 1.60. The zero-order valence-corrected chi connectivity index (χ0v) is 10.3. The highest BCUT2D eigenvalue weighted by molar-refractivity contribution is 5.36. The van der Waals surface area contributed by atoms with E-state index in [0.717, 1.165) is 24.6 Å². The fraction of sp³-hybridized carbons (Fsp3) is 0.500. The molecule has 4 nitrogen and oxygen atoms in total. The fourth-order valence-corrected chi connectivity index (χ4v) is 1.25. The Morgan fingerprint density at radius 1 is 1.44 bits per heavy atom. The normalized spacial score (nSPS) is 10.5. The molecule has 0 spiro atoms. The minimum absolute atomic E-state index is 0.463. The van der Waals surface area contributed by atoms with Crippen molar-refractivity contribution in [2.75, 3.05) is 18.5 Å². The zero-order chi connectivity index (χ0) is 12.0. The van der Waals surface area contributed by atoms with Gasteiger partial charge in [-0.2, -0.15) is 5.10 Å². The number of nitrogens with one attached hydrogen (secondary N) is 1.